The Morgan fingerprint density at radius 1 is 1.18 bits per heavy atom. The first-order valence-electron chi connectivity index (χ1n) is 4.93. The van der Waals surface area contributed by atoms with Crippen molar-refractivity contribution >= 4 is 18.4 Å². The van der Waals surface area contributed by atoms with Crippen LogP contribution in [0.4, 0.5) is 0 Å². The first-order valence-corrected chi connectivity index (χ1v) is 4.93. The van der Waals surface area contributed by atoms with Gasteiger partial charge in [-0.3, -0.25) is 4.98 Å². The number of carbonyl (C=O) groups is 1. The van der Waals surface area contributed by atoms with E-state index < -0.39 is 5.97 Å². The molecule has 2 aromatic rings. The van der Waals surface area contributed by atoms with Gasteiger partial charge in [0, 0.05) is 17.5 Å². The van der Waals surface area contributed by atoms with Gasteiger partial charge in [0.1, 0.15) is 0 Å². The van der Waals surface area contributed by atoms with Crippen LogP contribution in [0.15, 0.2) is 42.6 Å². The molecule has 0 saturated heterocycles. The molecule has 17 heavy (non-hydrogen) atoms. The maximum Gasteiger partial charge on any atom is 0.335 e. The Bertz CT molecular complexity index is 523. The summed E-state index contributed by atoms with van der Waals surface area (Å²) in [5.74, 6) is -0.915. The summed E-state index contributed by atoms with van der Waals surface area (Å²) in [6.07, 6.45) is 1.75. The largest absolute Gasteiger partial charge is 0.478 e. The molecule has 3 nitrogen and oxygen atoms in total. The highest BCUT2D eigenvalue weighted by Gasteiger charge is 2.04. The molecule has 0 aliphatic rings. The molecule has 0 fully saturated rings. The van der Waals surface area contributed by atoms with Crippen molar-refractivity contribution in [1.29, 1.82) is 0 Å². The van der Waals surface area contributed by atoms with Gasteiger partial charge in [0.2, 0.25) is 0 Å². The maximum absolute atomic E-state index is 10.8. The average molecular weight is 250 g/mol. The highest BCUT2D eigenvalue weighted by molar-refractivity contribution is 5.89. The molecule has 1 aromatic carbocycles. The second-order valence-electron chi connectivity index (χ2n) is 3.57. The van der Waals surface area contributed by atoms with E-state index >= 15 is 0 Å². The van der Waals surface area contributed by atoms with Crippen LogP contribution in [0.1, 0.15) is 16.1 Å². The van der Waals surface area contributed by atoms with Crippen molar-refractivity contribution in [3.63, 3.8) is 0 Å². The van der Waals surface area contributed by atoms with Crippen LogP contribution in [-0.2, 0) is 0 Å². The first kappa shape index (κ1) is 13.2. The van der Waals surface area contributed by atoms with Gasteiger partial charge >= 0.3 is 5.97 Å². The van der Waals surface area contributed by atoms with Crippen LogP contribution in [0.5, 0.6) is 0 Å². The number of aryl methyl sites for hydroxylation is 1. The van der Waals surface area contributed by atoms with Crippen molar-refractivity contribution in [3.05, 3.63) is 53.9 Å². The summed E-state index contributed by atoms with van der Waals surface area (Å²) >= 11 is 0. The molecule has 0 unspecified atom stereocenters. The Morgan fingerprint density at radius 2 is 1.94 bits per heavy atom. The molecule has 1 N–H and O–H groups in total. The fourth-order valence-electron chi connectivity index (χ4n) is 1.47. The minimum Gasteiger partial charge on any atom is -0.478 e. The summed E-state index contributed by atoms with van der Waals surface area (Å²) in [5, 5.41) is 8.88. The number of carboxylic acids is 1. The number of hydrogen-bond donors (Lipinski definition) is 1. The van der Waals surface area contributed by atoms with E-state index in [4.69, 9.17) is 5.11 Å². The van der Waals surface area contributed by atoms with Crippen LogP contribution in [0.25, 0.3) is 11.1 Å². The quantitative estimate of drug-likeness (QED) is 0.889. The van der Waals surface area contributed by atoms with E-state index in [9.17, 15) is 4.79 Å². The van der Waals surface area contributed by atoms with Gasteiger partial charge in [-0.2, -0.15) is 0 Å². The smallest absolute Gasteiger partial charge is 0.335 e. The van der Waals surface area contributed by atoms with E-state index in [0.29, 0.717) is 0 Å². The van der Waals surface area contributed by atoms with E-state index in [1.807, 2.05) is 25.1 Å². The fourth-order valence-corrected chi connectivity index (χ4v) is 1.47. The standard InChI is InChI=1S/C13H11NO2.ClH/c1-9-5-6-12(8-14-9)10-3-2-4-11(7-10)13(15)16;/h2-8H,1H3,(H,15,16);1H. The summed E-state index contributed by atoms with van der Waals surface area (Å²) in [7, 11) is 0. The van der Waals surface area contributed by atoms with Crippen LogP contribution in [0.3, 0.4) is 0 Å². The topological polar surface area (TPSA) is 50.2 Å². The summed E-state index contributed by atoms with van der Waals surface area (Å²) < 4.78 is 0. The Morgan fingerprint density at radius 3 is 2.53 bits per heavy atom. The Kier molecular flexibility index (Phi) is 4.24. The highest BCUT2D eigenvalue weighted by Crippen LogP contribution is 2.19. The monoisotopic (exact) mass is 249 g/mol. The molecule has 1 heterocycles. The second kappa shape index (κ2) is 5.46. The number of aromatic carboxylic acids is 1. The third-order valence-electron chi connectivity index (χ3n) is 2.35. The lowest BCUT2D eigenvalue weighted by molar-refractivity contribution is 0.0697. The van der Waals surface area contributed by atoms with E-state index in [1.165, 1.54) is 0 Å². The van der Waals surface area contributed by atoms with Gasteiger partial charge in [0.15, 0.2) is 0 Å². The van der Waals surface area contributed by atoms with E-state index in [1.54, 1.807) is 24.4 Å². The van der Waals surface area contributed by atoms with Gasteiger partial charge in [0.05, 0.1) is 5.56 Å². The number of benzene rings is 1. The van der Waals surface area contributed by atoms with Gasteiger partial charge in [-0.15, -0.1) is 12.4 Å². The molecule has 0 spiro atoms. The van der Waals surface area contributed by atoms with Crippen molar-refractivity contribution in [1.82, 2.24) is 4.98 Å². The zero-order chi connectivity index (χ0) is 11.5. The first-order chi connectivity index (χ1) is 7.66. The Labute approximate surface area is 106 Å². The van der Waals surface area contributed by atoms with Gasteiger partial charge in [-0.1, -0.05) is 18.2 Å². The molecular formula is C13H12ClNO2. The van der Waals surface area contributed by atoms with Crippen LogP contribution in [0.2, 0.25) is 0 Å². The van der Waals surface area contributed by atoms with Crippen molar-refractivity contribution in [2.45, 2.75) is 6.92 Å². The lowest BCUT2D eigenvalue weighted by atomic mass is 10.0. The average Bonchev–Trinajstić information content (AvgIpc) is 2.30. The van der Waals surface area contributed by atoms with Crippen molar-refractivity contribution in [3.8, 4) is 11.1 Å². The van der Waals surface area contributed by atoms with Crippen LogP contribution >= 0.6 is 12.4 Å². The van der Waals surface area contributed by atoms with Gasteiger partial charge in [0.25, 0.3) is 0 Å². The van der Waals surface area contributed by atoms with Gasteiger partial charge in [-0.05, 0) is 30.7 Å². The van der Waals surface area contributed by atoms with Crippen molar-refractivity contribution < 1.29 is 9.90 Å². The van der Waals surface area contributed by atoms with Crippen molar-refractivity contribution in [2.75, 3.05) is 0 Å². The summed E-state index contributed by atoms with van der Waals surface area (Å²) in [4.78, 5) is 15.0. The lowest BCUT2D eigenvalue weighted by Gasteiger charge is -2.02. The third kappa shape index (κ3) is 3.04. The molecule has 0 amide bonds. The van der Waals surface area contributed by atoms with E-state index in [-0.39, 0.29) is 18.0 Å². The Balaban J connectivity index is 0.00000144. The zero-order valence-corrected chi connectivity index (χ0v) is 10.1. The number of halogens is 1. The normalized spacial score (nSPS) is 9.47. The fraction of sp³-hybridized carbons (Fsp3) is 0.0769. The molecule has 2 rings (SSSR count). The van der Waals surface area contributed by atoms with Crippen molar-refractivity contribution in [2.24, 2.45) is 0 Å². The molecule has 0 bridgehead atoms. The predicted molar refractivity (Wildman–Crippen MR) is 68.6 cm³/mol. The molecule has 1 aromatic heterocycles. The summed E-state index contributed by atoms with van der Waals surface area (Å²) in [5.41, 5.74) is 3.03. The maximum atomic E-state index is 10.8. The molecule has 0 aliphatic carbocycles. The summed E-state index contributed by atoms with van der Waals surface area (Å²) in [6, 6.07) is 10.7. The molecule has 0 radical (unpaired) electrons. The zero-order valence-electron chi connectivity index (χ0n) is 9.25. The molecular weight excluding hydrogens is 238 g/mol. The van der Waals surface area contributed by atoms with E-state index in [2.05, 4.69) is 4.98 Å². The highest BCUT2D eigenvalue weighted by atomic mass is 35.5. The number of aromatic nitrogens is 1. The number of rotatable bonds is 2. The molecule has 4 heteroatoms. The van der Waals surface area contributed by atoms with Crippen LogP contribution in [-0.4, -0.2) is 16.1 Å². The Hall–Kier alpha value is -1.87. The number of pyridine rings is 1. The number of nitrogens with zero attached hydrogens (tertiary/aromatic N) is 1. The molecule has 0 aliphatic heterocycles. The van der Waals surface area contributed by atoms with Crippen LogP contribution in [0, 0.1) is 6.92 Å². The summed E-state index contributed by atoms with van der Waals surface area (Å²) in [6.45, 7) is 1.91. The van der Waals surface area contributed by atoms with Gasteiger partial charge in [-0.25, -0.2) is 4.79 Å². The SMILES string of the molecule is Cc1ccc(-c2cccc(C(=O)O)c2)cn1.Cl. The number of carboxylic acid groups (broad SMARTS) is 1. The lowest BCUT2D eigenvalue weighted by Crippen LogP contribution is -1.95. The molecule has 0 saturated carbocycles. The van der Waals surface area contributed by atoms with Crippen LogP contribution < -0.4 is 0 Å². The molecule has 88 valence electrons. The minimum atomic E-state index is -0.915. The molecule has 0 atom stereocenters. The minimum absolute atomic E-state index is 0. The van der Waals surface area contributed by atoms with E-state index in [0.717, 1.165) is 16.8 Å². The second-order valence-corrected chi connectivity index (χ2v) is 3.57. The number of hydrogen-bond acceptors (Lipinski definition) is 2. The predicted octanol–water partition coefficient (Wildman–Crippen LogP) is 3.18. The third-order valence-corrected chi connectivity index (χ3v) is 2.35. The van der Waals surface area contributed by atoms with Gasteiger partial charge < -0.3 is 5.11 Å².